The molecule has 1 aromatic carbocycles. The van der Waals surface area contributed by atoms with Gasteiger partial charge < -0.3 is 5.32 Å². The summed E-state index contributed by atoms with van der Waals surface area (Å²) in [5.41, 5.74) is 4.31. The van der Waals surface area contributed by atoms with E-state index in [4.69, 9.17) is 6.42 Å². The number of terminal acetylenes is 1. The van der Waals surface area contributed by atoms with Crippen LogP contribution < -0.4 is 5.32 Å². The summed E-state index contributed by atoms with van der Waals surface area (Å²) in [7, 11) is 0. The molecule has 2 rings (SSSR count). The van der Waals surface area contributed by atoms with Crippen LogP contribution in [0.25, 0.3) is 0 Å². The van der Waals surface area contributed by atoms with Gasteiger partial charge in [0.15, 0.2) is 0 Å². The van der Waals surface area contributed by atoms with Crippen molar-refractivity contribution >= 4 is 0 Å². The van der Waals surface area contributed by atoms with E-state index in [0.29, 0.717) is 0 Å². The van der Waals surface area contributed by atoms with Crippen molar-refractivity contribution in [2.75, 3.05) is 19.6 Å². The van der Waals surface area contributed by atoms with Gasteiger partial charge in [-0.1, -0.05) is 31.0 Å². The summed E-state index contributed by atoms with van der Waals surface area (Å²) < 4.78 is 0. The van der Waals surface area contributed by atoms with E-state index in [-0.39, 0.29) is 0 Å². The molecule has 1 N–H and O–H groups in total. The zero-order chi connectivity index (χ0) is 12.1. The summed E-state index contributed by atoms with van der Waals surface area (Å²) in [4.78, 5) is 2.28. The van der Waals surface area contributed by atoms with E-state index in [1.807, 2.05) is 0 Å². The SMILES string of the molecule is C#CCN(CC)Cc1ccc2c(c1)CNCC2. The number of hydrogen-bond donors (Lipinski definition) is 1. The van der Waals surface area contributed by atoms with Gasteiger partial charge in [-0.2, -0.15) is 0 Å². The van der Waals surface area contributed by atoms with Gasteiger partial charge in [0.05, 0.1) is 6.54 Å². The lowest BCUT2D eigenvalue weighted by Crippen LogP contribution is -2.25. The molecule has 2 nitrogen and oxygen atoms in total. The first kappa shape index (κ1) is 12.2. The van der Waals surface area contributed by atoms with Gasteiger partial charge in [-0.3, -0.25) is 4.90 Å². The number of nitrogens with zero attached hydrogens (tertiary/aromatic N) is 1. The fraction of sp³-hybridized carbons (Fsp3) is 0.467. The average molecular weight is 228 g/mol. The Morgan fingerprint density at radius 1 is 1.41 bits per heavy atom. The highest BCUT2D eigenvalue weighted by molar-refractivity contribution is 5.33. The third-order valence-electron chi connectivity index (χ3n) is 3.33. The predicted octanol–water partition coefficient (Wildman–Crippen LogP) is 1.79. The quantitative estimate of drug-likeness (QED) is 0.790. The van der Waals surface area contributed by atoms with Crippen LogP contribution in [0.1, 0.15) is 23.6 Å². The molecule has 1 aliphatic heterocycles. The molecule has 0 spiro atoms. The minimum absolute atomic E-state index is 0.728. The molecule has 0 bridgehead atoms. The standard InChI is InChI=1S/C15H20N2/c1-3-9-17(4-2)12-13-5-6-14-7-8-16-11-15(14)10-13/h1,5-6,10,16H,4,7-9,11-12H2,2H3. The molecule has 90 valence electrons. The molecule has 0 saturated heterocycles. The fourth-order valence-electron chi connectivity index (χ4n) is 2.30. The molecule has 17 heavy (non-hydrogen) atoms. The Bertz CT molecular complexity index is 417. The van der Waals surface area contributed by atoms with Gasteiger partial charge in [0.1, 0.15) is 0 Å². The molecule has 1 aliphatic rings. The minimum atomic E-state index is 0.728. The maximum absolute atomic E-state index is 5.37. The highest BCUT2D eigenvalue weighted by Crippen LogP contribution is 2.16. The third kappa shape index (κ3) is 3.09. The third-order valence-corrected chi connectivity index (χ3v) is 3.33. The van der Waals surface area contributed by atoms with Crippen molar-refractivity contribution in [1.82, 2.24) is 10.2 Å². The summed E-state index contributed by atoms with van der Waals surface area (Å²) in [6.45, 7) is 6.94. The van der Waals surface area contributed by atoms with Crippen LogP contribution in [0.15, 0.2) is 18.2 Å². The van der Waals surface area contributed by atoms with Crippen LogP contribution in [0.2, 0.25) is 0 Å². The summed E-state index contributed by atoms with van der Waals surface area (Å²) in [6.07, 6.45) is 6.52. The van der Waals surface area contributed by atoms with Gasteiger partial charge >= 0.3 is 0 Å². The van der Waals surface area contributed by atoms with Gasteiger partial charge in [-0.25, -0.2) is 0 Å². The van der Waals surface area contributed by atoms with Gasteiger partial charge in [-0.15, -0.1) is 6.42 Å². The second kappa shape index (κ2) is 5.86. The molecule has 1 heterocycles. The van der Waals surface area contributed by atoms with Crippen LogP contribution in [0.3, 0.4) is 0 Å². The van der Waals surface area contributed by atoms with E-state index in [0.717, 1.165) is 39.1 Å². The molecule has 0 fully saturated rings. The smallest absolute Gasteiger partial charge is 0.0601 e. The molecule has 0 aromatic heterocycles. The maximum Gasteiger partial charge on any atom is 0.0601 e. The summed E-state index contributed by atoms with van der Waals surface area (Å²) in [5.74, 6) is 2.71. The molecule has 1 aromatic rings. The topological polar surface area (TPSA) is 15.3 Å². The molecule has 0 amide bonds. The van der Waals surface area contributed by atoms with Crippen molar-refractivity contribution in [2.24, 2.45) is 0 Å². The van der Waals surface area contributed by atoms with Gasteiger partial charge in [0.2, 0.25) is 0 Å². The zero-order valence-electron chi connectivity index (χ0n) is 10.5. The normalized spacial score (nSPS) is 14.4. The number of fused-ring (bicyclic) bond motifs is 1. The zero-order valence-corrected chi connectivity index (χ0v) is 10.5. The van der Waals surface area contributed by atoms with Crippen molar-refractivity contribution in [3.8, 4) is 12.3 Å². The Balaban J connectivity index is 2.09. The summed E-state index contributed by atoms with van der Waals surface area (Å²) >= 11 is 0. The minimum Gasteiger partial charge on any atom is -0.312 e. The number of rotatable bonds is 4. The second-order valence-corrected chi connectivity index (χ2v) is 4.54. The van der Waals surface area contributed by atoms with E-state index in [9.17, 15) is 0 Å². The van der Waals surface area contributed by atoms with Gasteiger partial charge in [0.25, 0.3) is 0 Å². The van der Waals surface area contributed by atoms with E-state index in [1.54, 1.807) is 0 Å². The first-order valence-electron chi connectivity index (χ1n) is 6.30. The molecule has 0 saturated carbocycles. The molecule has 0 radical (unpaired) electrons. The Morgan fingerprint density at radius 3 is 3.06 bits per heavy atom. The number of hydrogen-bond acceptors (Lipinski definition) is 2. The Labute approximate surface area is 104 Å². The number of nitrogens with one attached hydrogen (secondary N) is 1. The lowest BCUT2D eigenvalue weighted by molar-refractivity contribution is 0.316. The van der Waals surface area contributed by atoms with Gasteiger partial charge in [0, 0.05) is 13.1 Å². The highest BCUT2D eigenvalue weighted by atomic mass is 15.1. The van der Waals surface area contributed by atoms with Crippen LogP contribution >= 0.6 is 0 Å². The first-order chi connectivity index (χ1) is 8.33. The van der Waals surface area contributed by atoms with Crippen LogP contribution in [-0.2, 0) is 19.5 Å². The largest absolute Gasteiger partial charge is 0.312 e. The Hall–Kier alpha value is -1.30. The van der Waals surface area contributed by atoms with Crippen LogP contribution in [-0.4, -0.2) is 24.5 Å². The molecular weight excluding hydrogens is 208 g/mol. The summed E-state index contributed by atoms with van der Waals surface area (Å²) in [6, 6.07) is 6.83. The first-order valence-corrected chi connectivity index (χ1v) is 6.30. The summed E-state index contributed by atoms with van der Waals surface area (Å²) in [5, 5.41) is 3.41. The molecular formula is C15H20N2. The fourth-order valence-corrected chi connectivity index (χ4v) is 2.30. The molecule has 0 unspecified atom stereocenters. The molecule has 0 aliphatic carbocycles. The lowest BCUT2D eigenvalue weighted by atomic mass is 9.98. The Morgan fingerprint density at radius 2 is 2.29 bits per heavy atom. The maximum atomic E-state index is 5.37. The molecule has 2 heteroatoms. The Kier molecular flexibility index (Phi) is 4.19. The lowest BCUT2D eigenvalue weighted by Gasteiger charge is -2.21. The molecule has 0 atom stereocenters. The van der Waals surface area contributed by atoms with Crippen molar-refractivity contribution in [2.45, 2.75) is 26.4 Å². The van der Waals surface area contributed by atoms with E-state index < -0.39 is 0 Å². The number of benzene rings is 1. The average Bonchev–Trinajstić information content (AvgIpc) is 2.38. The highest BCUT2D eigenvalue weighted by Gasteiger charge is 2.09. The van der Waals surface area contributed by atoms with Crippen LogP contribution in [0, 0.1) is 12.3 Å². The van der Waals surface area contributed by atoms with Crippen LogP contribution in [0.5, 0.6) is 0 Å². The van der Waals surface area contributed by atoms with Crippen molar-refractivity contribution in [1.29, 1.82) is 0 Å². The van der Waals surface area contributed by atoms with Crippen LogP contribution in [0.4, 0.5) is 0 Å². The van der Waals surface area contributed by atoms with Crippen molar-refractivity contribution < 1.29 is 0 Å². The van der Waals surface area contributed by atoms with E-state index >= 15 is 0 Å². The predicted molar refractivity (Wildman–Crippen MR) is 71.6 cm³/mol. The second-order valence-electron chi connectivity index (χ2n) is 4.54. The van der Waals surface area contributed by atoms with Crippen molar-refractivity contribution in [3.05, 3.63) is 34.9 Å². The van der Waals surface area contributed by atoms with E-state index in [2.05, 4.69) is 41.3 Å². The van der Waals surface area contributed by atoms with Crippen molar-refractivity contribution in [3.63, 3.8) is 0 Å². The monoisotopic (exact) mass is 228 g/mol. The van der Waals surface area contributed by atoms with Gasteiger partial charge in [-0.05, 0) is 36.2 Å². The van der Waals surface area contributed by atoms with E-state index in [1.165, 1.54) is 16.7 Å².